The molecule has 0 radical (unpaired) electrons. The lowest BCUT2D eigenvalue weighted by molar-refractivity contribution is 0.115. The van der Waals surface area contributed by atoms with Crippen LogP contribution in [0.5, 0.6) is 5.75 Å². The summed E-state index contributed by atoms with van der Waals surface area (Å²) in [7, 11) is 2.15. The number of nitrogens with zero attached hydrogens (tertiary/aromatic N) is 2. The minimum atomic E-state index is -0.417. The number of hydrogen-bond acceptors (Lipinski definition) is 3. The summed E-state index contributed by atoms with van der Waals surface area (Å²) in [5.41, 5.74) is 0.478. The fourth-order valence-corrected chi connectivity index (χ4v) is 4.04. The molecule has 5 nitrogen and oxygen atoms in total. The van der Waals surface area contributed by atoms with Gasteiger partial charge in [0.1, 0.15) is 0 Å². The summed E-state index contributed by atoms with van der Waals surface area (Å²) >= 11 is 0. The average molecular weight is 347 g/mol. The Balaban J connectivity index is 1.38. The lowest BCUT2D eigenvalue weighted by Gasteiger charge is -2.27. The number of likely N-dealkylation sites (tertiary alicyclic amines) is 1. The maximum Gasteiger partial charge on any atom is 0.321 e. The first-order valence-electron chi connectivity index (χ1n) is 9.34. The van der Waals surface area contributed by atoms with E-state index < -0.39 is 5.82 Å². The van der Waals surface area contributed by atoms with Crippen molar-refractivity contribution in [2.45, 2.75) is 56.7 Å². The Bertz CT molecular complexity index is 650. The van der Waals surface area contributed by atoms with Crippen LogP contribution in [-0.2, 0) is 0 Å². The lowest BCUT2D eigenvalue weighted by atomic mass is 9.96. The fraction of sp³-hybridized carbons (Fsp3) is 0.632. The molecule has 2 saturated heterocycles. The van der Waals surface area contributed by atoms with E-state index in [0.717, 1.165) is 45.2 Å². The maximum atomic E-state index is 14.2. The highest BCUT2D eigenvalue weighted by atomic mass is 19.1. The smallest absolute Gasteiger partial charge is 0.321 e. The summed E-state index contributed by atoms with van der Waals surface area (Å²) in [6.07, 6.45) is 6.64. The van der Waals surface area contributed by atoms with Crippen LogP contribution in [0, 0.1) is 5.82 Å². The van der Waals surface area contributed by atoms with Crippen molar-refractivity contribution in [1.82, 2.24) is 9.80 Å². The molecule has 2 heterocycles. The highest BCUT2D eigenvalue weighted by Gasteiger charge is 2.36. The first kappa shape index (κ1) is 16.6. The number of fused-ring (bicyclic) bond motifs is 2. The second-order valence-corrected chi connectivity index (χ2v) is 7.53. The molecule has 2 aliphatic heterocycles. The van der Waals surface area contributed by atoms with E-state index in [-0.39, 0.29) is 17.9 Å². The number of amides is 2. The zero-order chi connectivity index (χ0) is 17.4. The molecule has 1 saturated carbocycles. The number of hydrogen-bond donors (Lipinski definition) is 1. The van der Waals surface area contributed by atoms with Gasteiger partial charge in [-0.2, -0.15) is 0 Å². The SMILES string of the molecule is CN1[C@H]2CC[C@H]1CN(C(=O)Nc1ccc(OC3CCC3)c(F)c1)CC2. The molecule has 136 valence electrons. The molecular weight excluding hydrogens is 321 g/mol. The number of likely N-dealkylation sites (N-methyl/N-ethyl adjacent to an activating group) is 1. The van der Waals surface area contributed by atoms with E-state index in [0.29, 0.717) is 17.8 Å². The molecule has 1 aromatic rings. The number of benzene rings is 1. The van der Waals surface area contributed by atoms with Crippen molar-refractivity contribution in [2.75, 3.05) is 25.5 Å². The van der Waals surface area contributed by atoms with E-state index in [9.17, 15) is 9.18 Å². The number of urea groups is 1. The summed E-state index contributed by atoms with van der Waals surface area (Å²) in [6.45, 7) is 1.49. The minimum Gasteiger partial charge on any atom is -0.487 e. The largest absolute Gasteiger partial charge is 0.487 e. The lowest BCUT2D eigenvalue weighted by Crippen LogP contribution is -2.41. The fourth-order valence-electron chi connectivity index (χ4n) is 4.04. The Kier molecular flexibility index (Phi) is 4.54. The normalized spacial score (nSPS) is 26.9. The van der Waals surface area contributed by atoms with Gasteiger partial charge in [0.25, 0.3) is 0 Å². The molecule has 1 aliphatic carbocycles. The molecule has 1 N–H and O–H groups in total. The first-order chi connectivity index (χ1) is 12.1. The van der Waals surface area contributed by atoms with Gasteiger partial charge in [0.2, 0.25) is 0 Å². The van der Waals surface area contributed by atoms with Crippen molar-refractivity contribution < 1.29 is 13.9 Å². The van der Waals surface area contributed by atoms with Gasteiger partial charge in [-0.25, -0.2) is 9.18 Å². The van der Waals surface area contributed by atoms with Crippen LogP contribution in [0.1, 0.15) is 38.5 Å². The van der Waals surface area contributed by atoms with Crippen LogP contribution in [0.4, 0.5) is 14.9 Å². The van der Waals surface area contributed by atoms with E-state index in [1.165, 1.54) is 12.5 Å². The Morgan fingerprint density at radius 3 is 2.72 bits per heavy atom. The maximum absolute atomic E-state index is 14.2. The first-order valence-corrected chi connectivity index (χ1v) is 9.34. The molecule has 3 aliphatic rings. The van der Waals surface area contributed by atoms with Crippen LogP contribution in [0.2, 0.25) is 0 Å². The summed E-state index contributed by atoms with van der Waals surface area (Å²) < 4.78 is 19.8. The van der Waals surface area contributed by atoms with Gasteiger partial charge in [-0.15, -0.1) is 0 Å². The Labute approximate surface area is 148 Å². The van der Waals surface area contributed by atoms with Gasteiger partial charge < -0.3 is 15.0 Å². The van der Waals surface area contributed by atoms with Crippen LogP contribution < -0.4 is 10.1 Å². The third-order valence-electron chi connectivity index (χ3n) is 5.96. The monoisotopic (exact) mass is 347 g/mol. The Hall–Kier alpha value is -1.82. The molecule has 25 heavy (non-hydrogen) atoms. The molecule has 2 bridgehead atoms. The molecule has 0 aromatic heterocycles. The predicted molar refractivity (Wildman–Crippen MR) is 94.4 cm³/mol. The molecule has 4 rings (SSSR count). The molecular formula is C19H26FN3O2. The van der Waals surface area contributed by atoms with Crippen molar-refractivity contribution in [2.24, 2.45) is 0 Å². The van der Waals surface area contributed by atoms with Crippen LogP contribution >= 0.6 is 0 Å². The van der Waals surface area contributed by atoms with Crippen molar-refractivity contribution >= 4 is 11.7 Å². The van der Waals surface area contributed by atoms with Gasteiger partial charge in [0, 0.05) is 36.9 Å². The van der Waals surface area contributed by atoms with E-state index in [4.69, 9.17) is 4.74 Å². The predicted octanol–water partition coefficient (Wildman–Crippen LogP) is 3.46. The van der Waals surface area contributed by atoms with Gasteiger partial charge in [-0.1, -0.05) is 0 Å². The topological polar surface area (TPSA) is 44.8 Å². The molecule has 0 unspecified atom stereocenters. The Morgan fingerprint density at radius 2 is 2.00 bits per heavy atom. The summed E-state index contributed by atoms with van der Waals surface area (Å²) in [5.74, 6) is -0.143. The van der Waals surface area contributed by atoms with Crippen molar-refractivity contribution in [3.05, 3.63) is 24.0 Å². The number of halogens is 1. The molecule has 3 fully saturated rings. The Morgan fingerprint density at radius 1 is 1.20 bits per heavy atom. The highest BCUT2D eigenvalue weighted by Crippen LogP contribution is 2.30. The van der Waals surface area contributed by atoms with Crippen LogP contribution in [0.15, 0.2) is 18.2 Å². The third kappa shape index (κ3) is 3.45. The van der Waals surface area contributed by atoms with Crippen LogP contribution in [-0.4, -0.2) is 54.2 Å². The van der Waals surface area contributed by atoms with Gasteiger partial charge in [-0.3, -0.25) is 4.90 Å². The van der Waals surface area contributed by atoms with Crippen molar-refractivity contribution in [3.63, 3.8) is 0 Å². The summed E-state index contributed by atoms with van der Waals surface area (Å²) in [5, 5.41) is 2.84. The van der Waals surface area contributed by atoms with Crippen LogP contribution in [0.3, 0.4) is 0 Å². The van der Waals surface area contributed by atoms with Gasteiger partial charge in [0.15, 0.2) is 11.6 Å². The third-order valence-corrected chi connectivity index (χ3v) is 5.96. The second kappa shape index (κ2) is 6.83. The molecule has 0 spiro atoms. The average Bonchev–Trinajstić information content (AvgIpc) is 2.77. The van der Waals surface area contributed by atoms with Crippen molar-refractivity contribution in [3.8, 4) is 5.75 Å². The standard InChI is InChI=1S/C19H26FN3O2/c1-22-14-6-7-15(22)12-23(10-9-14)19(24)21-13-5-8-18(17(20)11-13)25-16-3-2-4-16/h5,8,11,14-16H,2-4,6-7,9-10,12H2,1H3,(H,21,24)/t14-,15-/m0/s1. The van der Waals surface area contributed by atoms with Gasteiger partial charge >= 0.3 is 6.03 Å². The summed E-state index contributed by atoms with van der Waals surface area (Å²) in [6, 6.07) is 5.55. The van der Waals surface area contributed by atoms with Gasteiger partial charge in [-0.05, 0) is 57.7 Å². The number of nitrogens with one attached hydrogen (secondary N) is 1. The van der Waals surface area contributed by atoms with Crippen molar-refractivity contribution in [1.29, 1.82) is 0 Å². The second-order valence-electron chi connectivity index (χ2n) is 7.53. The van der Waals surface area contributed by atoms with E-state index in [2.05, 4.69) is 17.3 Å². The zero-order valence-electron chi connectivity index (χ0n) is 14.7. The zero-order valence-corrected chi connectivity index (χ0v) is 14.7. The number of ether oxygens (including phenoxy) is 1. The summed E-state index contributed by atoms with van der Waals surface area (Å²) in [4.78, 5) is 16.8. The number of anilines is 1. The number of rotatable bonds is 3. The number of carbonyl (C=O) groups is 1. The molecule has 6 heteroatoms. The van der Waals surface area contributed by atoms with E-state index in [1.807, 2.05) is 4.90 Å². The quantitative estimate of drug-likeness (QED) is 0.911. The van der Waals surface area contributed by atoms with Gasteiger partial charge in [0.05, 0.1) is 6.10 Å². The molecule has 2 amide bonds. The van der Waals surface area contributed by atoms with E-state index >= 15 is 0 Å². The molecule has 1 aromatic carbocycles. The highest BCUT2D eigenvalue weighted by molar-refractivity contribution is 5.89. The van der Waals surface area contributed by atoms with Crippen LogP contribution in [0.25, 0.3) is 0 Å². The molecule has 2 atom stereocenters. The minimum absolute atomic E-state index is 0.138. The van der Waals surface area contributed by atoms with E-state index in [1.54, 1.807) is 12.1 Å². The number of carbonyl (C=O) groups excluding carboxylic acids is 1.